The number of urea groups is 1. The Kier molecular flexibility index (Phi) is 4.54. The molecule has 3 saturated heterocycles. The summed E-state index contributed by atoms with van der Waals surface area (Å²) in [6.45, 7) is 6.99. The van der Waals surface area contributed by atoms with Gasteiger partial charge in [-0.25, -0.2) is 4.79 Å². The van der Waals surface area contributed by atoms with Crippen LogP contribution in [0.4, 0.5) is 10.6 Å². The van der Waals surface area contributed by atoms with Crippen molar-refractivity contribution in [2.75, 3.05) is 44.2 Å². The molecular weight excluding hydrogens is 358 g/mol. The van der Waals surface area contributed by atoms with Gasteiger partial charge in [-0.3, -0.25) is 0 Å². The summed E-state index contributed by atoms with van der Waals surface area (Å²) in [6.07, 6.45) is 3.13. The average Bonchev–Trinajstić information content (AvgIpc) is 3.48. The molecule has 0 radical (unpaired) electrons. The molecule has 0 saturated carbocycles. The summed E-state index contributed by atoms with van der Waals surface area (Å²) in [5, 5.41) is 16.1. The van der Waals surface area contributed by atoms with E-state index in [1.807, 2.05) is 21.5 Å². The molecule has 0 aliphatic carbocycles. The molecule has 3 aliphatic heterocycles. The zero-order valence-electron chi connectivity index (χ0n) is 16.3. The monoisotopic (exact) mass is 385 g/mol. The van der Waals surface area contributed by atoms with E-state index in [9.17, 15) is 4.79 Å². The van der Waals surface area contributed by atoms with Gasteiger partial charge in [0.15, 0.2) is 11.5 Å². The summed E-state index contributed by atoms with van der Waals surface area (Å²) in [5.74, 6) is 2.84. The first-order valence-corrected chi connectivity index (χ1v) is 10.3. The number of rotatable bonds is 4. The molecule has 3 unspecified atom stereocenters. The Morgan fingerprint density at radius 3 is 2.75 bits per heavy atom. The van der Waals surface area contributed by atoms with Crippen molar-refractivity contribution < 1.29 is 9.53 Å². The Hall–Kier alpha value is -2.42. The van der Waals surface area contributed by atoms with Crippen LogP contribution >= 0.6 is 0 Å². The van der Waals surface area contributed by atoms with Crippen molar-refractivity contribution in [1.29, 1.82) is 0 Å². The van der Waals surface area contributed by atoms with E-state index in [1.54, 1.807) is 0 Å². The van der Waals surface area contributed by atoms with Crippen LogP contribution in [0.2, 0.25) is 0 Å². The van der Waals surface area contributed by atoms with Gasteiger partial charge in [0.05, 0.1) is 6.10 Å². The molecule has 3 aliphatic rings. The van der Waals surface area contributed by atoms with E-state index in [0.717, 1.165) is 69.3 Å². The Morgan fingerprint density at radius 1 is 1.21 bits per heavy atom. The van der Waals surface area contributed by atoms with Gasteiger partial charge in [-0.05, 0) is 25.0 Å². The van der Waals surface area contributed by atoms with Crippen LogP contribution in [-0.2, 0) is 11.2 Å². The number of nitrogens with one attached hydrogen (secondary N) is 1. The lowest BCUT2D eigenvalue weighted by Gasteiger charge is -2.23. The number of hydrogen-bond donors (Lipinski definition) is 1. The van der Waals surface area contributed by atoms with Gasteiger partial charge in [-0.1, -0.05) is 6.92 Å². The zero-order chi connectivity index (χ0) is 19.1. The summed E-state index contributed by atoms with van der Waals surface area (Å²) in [6, 6.07) is 4.05. The molecule has 0 aromatic carbocycles. The van der Waals surface area contributed by atoms with Gasteiger partial charge in [-0.2, -0.15) is 4.52 Å². The first-order chi connectivity index (χ1) is 13.7. The Bertz CT molecular complexity index is 849. The summed E-state index contributed by atoms with van der Waals surface area (Å²) < 4.78 is 7.43. The van der Waals surface area contributed by atoms with Gasteiger partial charge in [0.25, 0.3) is 0 Å². The Morgan fingerprint density at radius 2 is 2.04 bits per heavy atom. The van der Waals surface area contributed by atoms with Crippen molar-refractivity contribution in [1.82, 2.24) is 30.0 Å². The van der Waals surface area contributed by atoms with E-state index in [-0.39, 0.29) is 12.1 Å². The molecule has 0 spiro atoms. The molecule has 2 amide bonds. The summed E-state index contributed by atoms with van der Waals surface area (Å²) in [7, 11) is 0. The summed E-state index contributed by atoms with van der Waals surface area (Å²) in [5.41, 5.74) is 0.786. The van der Waals surface area contributed by atoms with Gasteiger partial charge in [-0.15, -0.1) is 15.3 Å². The predicted molar refractivity (Wildman–Crippen MR) is 103 cm³/mol. The number of aryl methyl sites for hydroxylation is 1. The Labute approximate surface area is 164 Å². The van der Waals surface area contributed by atoms with Crippen LogP contribution in [0.1, 0.15) is 25.6 Å². The smallest absolute Gasteiger partial charge is 0.317 e. The Balaban J connectivity index is 1.19. The molecule has 28 heavy (non-hydrogen) atoms. The molecule has 3 atom stereocenters. The first-order valence-electron chi connectivity index (χ1n) is 10.3. The van der Waals surface area contributed by atoms with E-state index in [2.05, 4.69) is 27.3 Å². The second kappa shape index (κ2) is 7.20. The molecule has 2 aromatic heterocycles. The van der Waals surface area contributed by atoms with Crippen molar-refractivity contribution in [2.24, 2.45) is 11.8 Å². The van der Waals surface area contributed by atoms with Crippen molar-refractivity contribution >= 4 is 17.5 Å². The van der Waals surface area contributed by atoms with Gasteiger partial charge < -0.3 is 19.9 Å². The molecule has 2 aromatic rings. The number of amides is 2. The molecule has 3 fully saturated rings. The van der Waals surface area contributed by atoms with E-state index in [4.69, 9.17) is 9.84 Å². The quantitative estimate of drug-likeness (QED) is 0.843. The third kappa shape index (κ3) is 3.17. The average molecular weight is 385 g/mol. The van der Waals surface area contributed by atoms with Crippen molar-refractivity contribution in [2.45, 2.75) is 32.3 Å². The molecule has 150 valence electrons. The standard InChI is InChI=1S/C19H27N7O2/c1-2-16-21-22-17-5-6-18(23-26(16)17)24-9-13-11-25(12-14(13)10-24)19(27)20-8-15-4-3-7-28-15/h5-6,13-15H,2-4,7-12H2,1H3,(H,20,27). The van der Waals surface area contributed by atoms with Crippen LogP contribution in [0.25, 0.3) is 5.65 Å². The van der Waals surface area contributed by atoms with Crippen molar-refractivity contribution in [3.8, 4) is 0 Å². The van der Waals surface area contributed by atoms with E-state index >= 15 is 0 Å². The van der Waals surface area contributed by atoms with Gasteiger partial charge in [0.2, 0.25) is 0 Å². The van der Waals surface area contributed by atoms with E-state index in [1.165, 1.54) is 0 Å². The lowest BCUT2D eigenvalue weighted by Crippen LogP contribution is -2.43. The maximum atomic E-state index is 12.5. The normalized spacial score (nSPS) is 27.0. The number of carbonyl (C=O) groups excluding carboxylic acids is 1. The number of anilines is 1. The summed E-state index contributed by atoms with van der Waals surface area (Å²) in [4.78, 5) is 16.8. The fraction of sp³-hybridized carbons (Fsp3) is 0.684. The van der Waals surface area contributed by atoms with Crippen LogP contribution in [-0.4, -0.2) is 76.2 Å². The fourth-order valence-electron chi connectivity index (χ4n) is 4.68. The SMILES string of the molecule is CCc1nnc2ccc(N3CC4CN(C(=O)NCC5CCCO5)CC4C3)nn12. The number of ether oxygens (including phenoxy) is 1. The van der Waals surface area contributed by atoms with Crippen LogP contribution in [0.5, 0.6) is 0 Å². The second-order valence-corrected chi connectivity index (χ2v) is 8.08. The minimum absolute atomic E-state index is 0.0491. The molecule has 5 rings (SSSR count). The lowest BCUT2D eigenvalue weighted by molar-refractivity contribution is 0.109. The van der Waals surface area contributed by atoms with E-state index in [0.29, 0.717) is 18.4 Å². The maximum Gasteiger partial charge on any atom is 0.317 e. The van der Waals surface area contributed by atoms with Crippen LogP contribution < -0.4 is 10.2 Å². The van der Waals surface area contributed by atoms with Crippen LogP contribution in [0, 0.1) is 11.8 Å². The van der Waals surface area contributed by atoms with Gasteiger partial charge in [0, 0.05) is 57.6 Å². The number of nitrogens with zero attached hydrogens (tertiary/aromatic N) is 6. The van der Waals surface area contributed by atoms with Gasteiger partial charge >= 0.3 is 6.03 Å². The maximum absolute atomic E-state index is 12.5. The highest BCUT2D eigenvalue weighted by molar-refractivity contribution is 5.74. The van der Waals surface area contributed by atoms with Crippen LogP contribution in [0.15, 0.2) is 12.1 Å². The second-order valence-electron chi connectivity index (χ2n) is 8.08. The largest absolute Gasteiger partial charge is 0.376 e. The number of carbonyl (C=O) groups is 1. The van der Waals surface area contributed by atoms with E-state index < -0.39 is 0 Å². The third-order valence-electron chi connectivity index (χ3n) is 6.23. The lowest BCUT2D eigenvalue weighted by atomic mass is 10.0. The highest BCUT2D eigenvalue weighted by Crippen LogP contribution is 2.33. The minimum atomic E-state index is 0.0491. The number of aromatic nitrogens is 4. The predicted octanol–water partition coefficient (Wildman–Crippen LogP) is 0.943. The molecule has 0 bridgehead atoms. The number of fused-ring (bicyclic) bond motifs is 2. The highest BCUT2D eigenvalue weighted by atomic mass is 16.5. The van der Waals surface area contributed by atoms with Crippen molar-refractivity contribution in [3.05, 3.63) is 18.0 Å². The summed E-state index contributed by atoms with van der Waals surface area (Å²) >= 11 is 0. The molecule has 9 heteroatoms. The minimum Gasteiger partial charge on any atom is -0.376 e. The third-order valence-corrected chi connectivity index (χ3v) is 6.23. The van der Waals surface area contributed by atoms with Crippen LogP contribution in [0.3, 0.4) is 0 Å². The molecule has 5 heterocycles. The topological polar surface area (TPSA) is 87.9 Å². The van der Waals surface area contributed by atoms with Crippen molar-refractivity contribution in [3.63, 3.8) is 0 Å². The molecule has 1 N–H and O–H groups in total. The first kappa shape index (κ1) is 17.7. The number of likely N-dealkylation sites (tertiary alicyclic amines) is 1. The fourth-order valence-corrected chi connectivity index (χ4v) is 4.68. The highest BCUT2D eigenvalue weighted by Gasteiger charge is 2.42. The zero-order valence-corrected chi connectivity index (χ0v) is 16.3. The molecule has 9 nitrogen and oxygen atoms in total. The number of hydrogen-bond acceptors (Lipinski definition) is 6. The van der Waals surface area contributed by atoms with Gasteiger partial charge in [0.1, 0.15) is 5.82 Å². The molecular formula is C19H27N7O2.